The minimum absolute atomic E-state index is 0.194. The van der Waals surface area contributed by atoms with Crippen LogP contribution in [0.4, 0.5) is 10.1 Å². The Hall–Kier alpha value is -2.96. The number of esters is 1. The van der Waals surface area contributed by atoms with Gasteiger partial charge < -0.3 is 9.72 Å². The number of pyridine rings is 1. The van der Waals surface area contributed by atoms with Crippen molar-refractivity contribution in [2.75, 3.05) is 18.1 Å². The Morgan fingerprint density at radius 1 is 1.31 bits per heavy atom. The number of carbonyl (C=O) groups excluding carboxylic acids is 2. The van der Waals surface area contributed by atoms with Crippen molar-refractivity contribution < 1.29 is 18.7 Å². The minimum Gasteiger partial charge on any atom is -0.465 e. The van der Waals surface area contributed by atoms with Gasteiger partial charge in [-0.2, -0.15) is 0 Å². The van der Waals surface area contributed by atoms with Crippen molar-refractivity contribution in [1.29, 1.82) is 0 Å². The average molecular weight is 358 g/mol. The molecule has 0 saturated carbocycles. The van der Waals surface area contributed by atoms with Gasteiger partial charge in [0.05, 0.1) is 23.9 Å². The smallest absolute Gasteiger partial charge is 0.326 e. The molecular weight excluding hydrogens is 339 g/mol. The van der Waals surface area contributed by atoms with Crippen LogP contribution in [0.25, 0.3) is 11.3 Å². The highest BCUT2D eigenvalue weighted by molar-refractivity contribution is 6.06. The number of aromatic amines is 1. The maximum atomic E-state index is 13.8. The summed E-state index contributed by atoms with van der Waals surface area (Å²) in [6.45, 7) is 4.85. The topological polar surface area (TPSA) is 79.5 Å². The monoisotopic (exact) mass is 358 g/mol. The van der Waals surface area contributed by atoms with Crippen LogP contribution in [0.1, 0.15) is 30.9 Å². The maximum Gasteiger partial charge on any atom is 0.326 e. The molecule has 1 unspecified atom stereocenters. The van der Waals surface area contributed by atoms with E-state index in [1.54, 1.807) is 26.8 Å². The number of nitrogens with one attached hydrogen (secondary N) is 1. The Labute approximate surface area is 149 Å². The predicted molar refractivity (Wildman–Crippen MR) is 94.6 cm³/mol. The van der Waals surface area contributed by atoms with Gasteiger partial charge in [-0.1, -0.05) is 0 Å². The molecule has 0 radical (unpaired) electrons. The second-order valence-electron chi connectivity index (χ2n) is 6.22. The minimum atomic E-state index is -0.689. The maximum absolute atomic E-state index is 13.8. The van der Waals surface area contributed by atoms with E-state index >= 15 is 0 Å². The van der Waals surface area contributed by atoms with Gasteiger partial charge in [-0.25, -0.2) is 4.39 Å². The number of aromatic nitrogens is 1. The molecule has 2 heterocycles. The molecule has 1 aromatic carbocycles. The van der Waals surface area contributed by atoms with Crippen LogP contribution in [0.5, 0.6) is 0 Å². The van der Waals surface area contributed by atoms with Crippen LogP contribution >= 0.6 is 0 Å². The van der Waals surface area contributed by atoms with Crippen LogP contribution in [-0.2, 0) is 14.3 Å². The zero-order valence-electron chi connectivity index (χ0n) is 14.8. The zero-order chi connectivity index (χ0) is 19.0. The largest absolute Gasteiger partial charge is 0.465 e. The number of nitrogens with zero attached hydrogens (tertiary/aromatic N) is 1. The van der Waals surface area contributed by atoms with Crippen LogP contribution in [0.3, 0.4) is 0 Å². The van der Waals surface area contributed by atoms with E-state index in [1.807, 2.05) is 0 Å². The van der Waals surface area contributed by atoms with Crippen LogP contribution in [0.15, 0.2) is 29.1 Å². The first-order valence-electron chi connectivity index (χ1n) is 8.34. The van der Waals surface area contributed by atoms with Crippen molar-refractivity contribution in [2.24, 2.45) is 0 Å². The van der Waals surface area contributed by atoms with Gasteiger partial charge in [0.25, 0.3) is 5.56 Å². The predicted octanol–water partition coefficient (Wildman–Crippen LogP) is 2.50. The summed E-state index contributed by atoms with van der Waals surface area (Å²) in [5.41, 5.74) is 1.91. The second kappa shape index (κ2) is 6.74. The second-order valence-corrected chi connectivity index (χ2v) is 6.22. The van der Waals surface area contributed by atoms with Crippen LogP contribution < -0.4 is 10.5 Å². The Morgan fingerprint density at radius 2 is 2.04 bits per heavy atom. The number of aryl methyl sites for hydroxylation is 1. The molecule has 2 aromatic rings. The highest BCUT2D eigenvalue weighted by atomic mass is 19.1. The van der Waals surface area contributed by atoms with E-state index in [0.29, 0.717) is 28.1 Å². The number of benzene rings is 1. The van der Waals surface area contributed by atoms with Crippen molar-refractivity contribution in [2.45, 2.75) is 26.7 Å². The lowest BCUT2D eigenvalue weighted by Gasteiger charge is -2.24. The molecule has 0 saturated heterocycles. The fourth-order valence-electron chi connectivity index (χ4n) is 3.14. The molecule has 136 valence electrons. The molecule has 6 nitrogen and oxygen atoms in total. The number of rotatable bonds is 3. The van der Waals surface area contributed by atoms with Crippen molar-refractivity contribution in [3.8, 4) is 11.3 Å². The summed E-state index contributed by atoms with van der Waals surface area (Å²) in [6.07, 6.45) is 0. The zero-order valence-corrected chi connectivity index (χ0v) is 14.8. The molecule has 0 bridgehead atoms. The van der Waals surface area contributed by atoms with Gasteiger partial charge in [0, 0.05) is 11.1 Å². The number of halogens is 1. The molecule has 1 atom stereocenters. The molecule has 1 N–H and O–H groups in total. The quantitative estimate of drug-likeness (QED) is 0.855. The molecule has 26 heavy (non-hydrogen) atoms. The number of hydrogen-bond donors (Lipinski definition) is 1. The van der Waals surface area contributed by atoms with Crippen LogP contribution in [-0.4, -0.2) is 30.0 Å². The van der Waals surface area contributed by atoms with E-state index in [-0.39, 0.29) is 24.6 Å². The summed E-state index contributed by atoms with van der Waals surface area (Å²) in [7, 11) is 0. The third kappa shape index (κ3) is 3.00. The fraction of sp³-hybridized carbons (Fsp3) is 0.316. The van der Waals surface area contributed by atoms with Gasteiger partial charge in [0.15, 0.2) is 0 Å². The standard InChI is InChI=1S/C19H19FN2O4/c1-4-26-16(23)9-22-15-7-10(2)18(24)21-17(15)13-6-5-12(20)8-14(13)11(3)19(22)25/h5-8,11H,4,9H2,1-3H3,(H,21,24). The highest BCUT2D eigenvalue weighted by Crippen LogP contribution is 2.39. The summed E-state index contributed by atoms with van der Waals surface area (Å²) < 4.78 is 18.8. The molecule has 1 aromatic heterocycles. The Morgan fingerprint density at radius 3 is 2.73 bits per heavy atom. The van der Waals surface area contributed by atoms with E-state index in [9.17, 15) is 18.8 Å². The Bertz CT molecular complexity index is 951. The van der Waals surface area contributed by atoms with Gasteiger partial charge in [0.1, 0.15) is 12.4 Å². The summed E-state index contributed by atoms with van der Waals surface area (Å²) in [5.74, 6) is -2.08. The van der Waals surface area contributed by atoms with Gasteiger partial charge >= 0.3 is 5.97 Å². The Balaban J connectivity index is 2.25. The summed E-state index contributed by atoms with van der Waals surface area (Å²) in [5, 5.41) is 0. The fourth-order valence-corrected chi connectivity index (χ4v) is 3.14. The lowest BCUT2D eigenvalue weighted by molar-refractivity contribution is -0.142. The highest BCUT2D eigenvalue weighted by Gasteiger charge is 2.34. The Kier molecular flexibility index (Phi) is 4.63. The number of carbonyl (C=O) groups is 2. The molecule has 1 aliphatic rings. The molecule has 1 aliphatic heterocycles. The number of H-pyrrole nitrogens is 1. The van der Waals surface area contributed by atoms with E-state index in [2.05, 4.69) is 4.98 Å². The molecular formula is C19H19FN2O4. The first kappa shape index (κ1) is 17.8. The SMILES string of the molecule is CCOC(=O)CN1C(=O)C(C)c2cc(F)ccc2-c2[nH]c(=O)c(C)cc21. The first-order valence-corrected chi connectivity index (χ1v) is 8.34. The number of amides is 1. The van der Waals surface area contributed by atoms with E-state index in [1.165, 1.54) is 23.1 Å². The summed E-state index contributed by atoms with van der Waals surface area (Å²) in [4.78, 5) is 41.2. The van der Waals surface area contributed by atoms with Crippen LogP contribution in [0.2, 0.25) is 0 Å². The summed E-state index contributed by atoms with van der Waals surface area (Å²) in [6, 6.07) is 5.66. The number of hydrogen-bond acceptors (Lipinski definition) is 4. The summed E-state index contributed by atoms with van der Waals surface area (Å²) >= 11 is 0. The molecule has 0 spiro atoms. The van der Waals surface area contributed by atoms with Gasteiger partial charge in [-0.3, -0.25) is 19.3 Å². The molecule has 3 rings (SSSR count). The van der Waals surface area contributed by atoms with Gasteiger partial charge in [-0.05, 0) is 50.6 Å². The van der Waals surface area contributed by atoms with E-state index in [0.717, 1.165) is 0 Å². The van der Waals surface area contributed by atoms with Crippen molar-refractivity contribution in [3.63, 3.8) is 0 Å². The molecule has 0 fully saturated rings. The normalized spacial score (nSPS) is 15.9. The van der Waals surface area contributed by atoms with Crippen molar-refractivity contribution in [1.82, 2.24) is 4.98 Å². The lowest BCUT2D eigenvalue weighted by Crippen LogP contribution is -2.39. The molecule has 0 aliphatic carbocycles. The van der Waals surface area contributed by atoms with Crippen LogP contribution in [0, 0.1) is 12.7 Å². The van der Waals surface area contributed by atoms with Crippen molar-refractivity contribution in [3.05, 3.63) is 51.6 Å². The van der Waals surface area contributed by atoms with Gasteiger partial charge in [0.2, 0.25) is 5.91 Å². The third-order valence-corrected chi connectivity index (χ3v) is 4.48. The third-order valence-electron chi connectivity index (χ3n) is 4.48. The number of ether oxygens (including phenoxy) is 1. The average Bonchev–Trinajstić information content (AvgIpc) is 2.67. The molecule has 1 amide bonds. The molecule has 7 heteroatoms. The number of fused-ring (bicyclic) bond motifs is 3. The first-order chi connectivity index (χ1) is 12.3. The number of anilines is 1. The lowest BCUT2D eigenvalue weighted by atomic mass is 9.94. The van der Waals surface area contributed by atoms with E-state index < -0.39 is 17.7 Å². The van der Waals surface area contributed by atoms with E-state index in [4.69, 9.17) is 4.74 Å². The van der Waals surface area contributed by atoms with Crippen molar-refractivity contribution >= 4 is 17.6 Å². The van der Waals surface area contributed by atoms with Gasteiger partial charge in [-0.15, -0.1) is 0 Å².